The number of hydroxylamine groups is 1. The van der Waals surface area contributed by atoms with E-state index in [1.54, 1.807) is 19.3 Å². The molecule has 0 aromatic rings. The SMILES string of the molecule is CC(C)(C)CCNC(=O)CC(C)(C)CC(C)(C)C(=O)NO. The molecule has 0 saturated carbocycles. The number of carbonyl (C=O) groups excluding carboxylic acids is 2. The Morgan fingerprint density at radius 3 is 1.95 bits per heavy atom. The molecule has 21 heavy (non-hydrogen) atoms. The van der Waals surface area contributed by atoms with E-state index in [2.05, 4.69) is 26.1 Å². The van der Waals surface area contributed by atoms with Gasteiger partial charge in [-0.3, -0.25) is 14.8 Å². The summed E-state index contributed by atoms with van der Waals surface area (Å²) in [6, 6.07) is 0. The smallest absolute Gasteiger partial charge is 0.249 e. The van der Waals surface area contributed by atoms with Gasteiger partial charge in [-0.25, -0.2) is 5.48 Å². The summed E-state index contributed by atoms with van der Waals surface area (Å²) in [5, 5.41) is 11.7. The molecule has 0 saturated heterocycles. The molecule has 0 spiro atoms. The molecule has 0 bridgehead atoms. The maximum Gasteiger partial charge on any atom is 0.249 e. The highest BCUT2D eigenvalue weighted by Crippen LogP contribution is 2.36. The Kier molecular flexibility index (Phi) is 6.87. The fourth-order valence-electron chi connectivity index (χ4n) is 2.56. The number of carbonyl (C=O) groups is 2. The van der Waals surface area contributed by atoms with Crippen molar-refractivity contribution in [3.63, 3.8) is 0 Å². The summed E-state index contributed by atoms with van der Waals surface area (Å²) in [6.07, 6.45) is 1.80. The molecule has 2 amide bonds. The average molecular weight is 300 g/mol. The van der Waals surface area contributed by atoms with Crippen molar-refractivity contribution in [3.05, 3.63) is 0 Å². The standard InChI is InChI=1S/C16H32N2O3/c1-14(2,3)8-9-17-12(19)10-15(4,5)11-16(6,7)13(20)18-21/h21H,8-11H2,1-7H3,(H,17,19)(H,18,20). The lowest BCUT2D eigenvalue weighted by Gasteiger charge is -2.33. The third-order valence-electron chi connectivity index (χ3n) is 3.47. The Hall–Kier alpha value is -1.10. The van der Waals surface area contributed by atoms with Gasteiger partial charge in [-0.05, 0) is 23.7 Å². The van der Waals surface area contributed by atoms with Crippen molar-refractivity contribution in [2.24, 2.45) is 16.2 Å². The maximum absolute atomic E-state index is 12.0. The first kappa shape index (κ1) is 19.9. The van der Waals surface area contributed by atoms with Crippen molar-refractivity contribution < 1.29 is 14.8 Å². The molecule has 0 aromatic carbocycles. The highest BCUT2D eigenvalue weighted by molar-refractivity contribution is 5.81. The Morgan fingerprint density at radius 2 is 1.52 bits per heavy atom. The largest absolute Gasteiger partial charge is 0.356 e. The molecule has 124 valence electrons. The molecule has 5 heteroatoms. The van der Waals surface area contributed by atoms with Gasteiger partial charge in [0.1, 0.15) is 0 Å². The highest BCUT2D eigenvalue weighted by atomic mass is 16.5. The van der Waals surface area contributed by atoms with Crippen LogP contribution < -0.4 is 10.8 Å². The van der Waals surface area contributed by atoms with Crippen LogP contribution in [0.5, 0.6) is 0 Å². The van der Waals surface area contributed by atoms with E-state index in [4.69, 9.17) is 5.21 Å². The second-order valence-electron chi connectivity index (χ2n) is 8.50. The Morgan fingerprint density at radius 1 is 1.00 bits per heavy atom. The normalized spacial score (nSPS) is 13.0. The molecule has 0 fully saturated rings. The number of hydrogen-bond donors (Lipinski definition) is 3. The number of hydrogen-bond acceptors (Lipinski definition) is 3. The van der Waals surface area contributed by atoms with Crippen molar-refractivity contribution in [1.82, 2.24) is 10.8 Å². The third-order valence-corrected chi connectivity index (χ3v) is 3.47. The molecule has 3 N–H and O–H groups in total. The van der Waals surface area contributed by atoms with Crippen LogP contribution in [-0.4, -0.2) is 23.6 Å². The van der Waals surface area contributed by atoms with Crippen LogP contribution in [-0.2, 0) is 9.59 Å². The summed E-state index contributed by atoms with van der Waals surface area (Å²) in [6.45, 7) is 14.5. The van der Waals surface area contributed by atoms with Gasteiger partial charge in [-0.1, -0.05) is 48.5 Å². The van der Waals surface area contributed by atoms with Crippen LogP contribution >= 0.6 is 0 Å². The first-order chi connectivity index (χ1) is 9.29. The zero-order valence-electron chi connectivity index (χ0n) is 14.6. The fourth-order valence-corrected chi connectivity index (χ4v) is 2.56. The van der Waals surface area contributed by atoms with E-state index in [-0.39, 0.29) is 16.7 Å². The predicted octanol–water partition coefficient (Wildman–Crippen LogP) is 2.88. The van der Waals surface area contributed by atoms with E-state index in [1.807, 2.05) is 13.8 Å². The fraction of sp³-hybridized carbons (Fsp3) is 0.875. The molecule has 0 aliphatic carbocycles. The maximum atomic E-state index is 12.0. The van der Waals surface area contributed by atoms with Crippen LogP contribution in [0.1, 0.15) is 67.7 Å². The Balaban J connectivity index is 4.40. The second-order valence-corrected chi connectivity index (χ2v) is 8.50. The molecule has 0 aliphatic rings. The lowest BCUT2D eigenvalue weighted by molar-refractivity contribution is -0.140. The van der Waals surface area contributed by atoms with Crippen molar-refractivity contribution >= 4 is 11.8 Å². The summed E-state index contributed by atoms with van der Waals surface area (Å²) < 4.78 is 0. The van der Waals surface area contributed by atoms with E-state index in [0.29, 0.717) is 19.4 Å². The summed E-state index contributed by atoms with van der Waals surface area (Å²) in [5.74, 6) is -0.423. The zero-order chi connectivity index (χ0) is 16.9. The monoisotopic (exact) mass is 300 g/mol. The Labute approximate surface area is 128 Å². The van der Waals surface area contributed by atoms with E-state index < -0.39 is 11.3 Å². The van der Waals surface area contributed by atoms with E-state index >= 15 is 0 Å². The van der Waals surface area contributed by atoms with E-state index in [0.717, 1.165) is 6.42 Å². The minimum absolute atomic E-state index is 0.00413. The lowest BCUT2D eigenvalue weighted by atomic mass is 9.73. The minimum atomic E-state index is -0.718. The van der Waals surface area contributed by atoms with Crippen LogP contribution in [0.4, 0.5) is 0 Å². The molecule has 0 aliphatic heterocycles. The van der Waals surface area contributed by atoms with E-state index in [9.17, 15) is 9.59 Å². The van der Waals surface area contributed by atoms with Crippen LogP contribution in [0.2, 0.25) is 0 Å². The first-order valence-electron chi connectivity index (χ1n) is 7.50. The summed E-state index contributed by atoms with van der Waals surface area (Å²) >= 11 is 0. The van der Waals surface area contributed by atoms with Gasteiger partial charge in [0.25, 0.3) is 0 Å². The molecular weight excluding hydrogens is 268 g/mol. The third kappa shape index (κ3) is 8.71. The lowest BCUT2D eigenvalue weighted by Crippen LogP contribution is -2.40. The zero-order valence-corrected chi connectivity index (χ0v) is 14.6. The van der Waals surface area contributed by atoms with Crippen molar-refractivity contribution in [1.29, 1.82) is 0 Å². The number of rotatable bonds is 7. The van der Waals surface area contributed by atoms with Gasteiger partial charge in [0.15, 0.2) is 0 Å². The minimum Gasteiger partial charge on any atom is -0.356 e. The summed E-state index contributed by atoms with van der Waals surface area (Å²) in [5.41, 5.74) is 0.855. The summed E-state index contributed by atoms with van der Waals surface area (Å²) in [4.78, 5) is 23.6. The van der Waals surface area contributed by atoms with Crippen molar-refractivity contribution in [2.75, 3.05) is 6.54 Å². The first-order valence-corrected chi connectivity index (χ1v) is 7.50. The van der Waals surface area contributed by atoms with E-state index in [1.165, 1.54) is 0 Å². The van der Waals surface area contributed by atoms with Crippen LogP contribution in [0.15, 0.2) is 0 Å². The van der Waals surface area contributed by atoms with Crippen LogP contribution in [0.25, 0.3) is 0 Å². The average Bonchev–Trinajstić information content (AvgIpc) is 2.23. The topological polar surface area (TPSA) is 78.4 Å². The molecule has 5 nitrogen and oxygen atoms in total. The van der Waals surface area contributed by atoms with Gasteiger partial charge in [0.05, 0.1) is 0 Å². The highest BCUT2D eigenvalue weighted by Gasteiger charge is 2.35. The molecule has 0 atom stereocenters. The van der Waals surface area contributed by atoms with Gasteiger partial charge in [-0.2, -0.15) is 0 Å². The quantitative estimate of drug-likeness (QED) is 0.499. The molecule has 0 unspecified atom stereocenters. The van der Waals surface area contributed by atoms with Gasteiger partial charge in [0, 0.05) is 18.4 Å². The molecular formula is C16H32N2O3. The Bertz CT molecular complexity index is 368. The molecule has 0 aromatic heterocycles. The van der Waals surface area contributed by atoms with Crippen LogP contribution in [0, 0.1) is 16.2 Å². The van der Waals surface area contributed by atoms with Gasteiger partial charge >= 0.3 is 0 Å². The van der Waals surface area contributed by atoms with Gasteiger partial charge < -0.3 is 5.32 Å². The molecule has 0 heterocycles. The summed E-state index contributed by atoms with van der Waals surface area (Å²) in [7, 11) is 0. The molecule has 0 rings (SSSR count). The van der Waals surface area contributed by atoms with Crippen molar-refractivity contribution in [3.8, 4) is 0 Å². The van der Waals surface area contributed by atoms with Crippen LogP contribution in [0.3, 0.4) is 0 Å². The predicted molar refractivity (Wildman–Crippen MR) is 83.8 cm³/mol. The molecule has 0 radical (unpaired) electrons. The van der Waals surface area contributed by atoms with Gasteiger partial charge in [0.2, 0.25) is 11.8 Å². The second kappa shape index (κ2) is 7.25. The number of amides is 2. The van der Waals surface area contributed by atoms with Gasteiger partial charge in [-0.15, -0.1) is 0 Å². The number of nitrogens with one attached hydrogen (secondary N) is 2. The van der Waals surface area contributed by atoms with Crippen molar-refractivity contribution in [2.45, 2.75) is 67.7 Å².